The third-order valence-electron chi connectivity index (χ3n) is 4.42. The number of benzene rings is 2. The second kappa shape index (κ2) is 9.13. The molecule has 0 atom stereocenters. The number of nitrogens with one attached hydrogen (secondary N) is 1. The van der Waals surface area contributed by atoms with E-state index in [1.54, 1.807) is 18.3 Å². The molecule has 0 aliphatic rings. The van der Waals surface area contributed by atoms with Gasteiger partial charge in [0, 0.05) is 12.6 Å². The number of anilines is 2. The maximum atomic E-state index is 13.0. The Labute approximate surface area is 165 Å². The highest BCUT2D eigenvalue weighted by Crippen LogP contribution is 2.19. The van der Waals surface area contributed by atoms with E-state index in [1.807, 2.05) is 30.3 Å². The molecule has 0 saturated carbocycles. The Kier molecular flexibility index (Phi) is 6.37. The number of nitrogens with zero attached hydrogens (tertiary/aromatic N) is 2. The largest absolute Gasteiger partial charge is 0.350 e. The minimum absolute atomic E-state index is 0.161. The van der Waals surface area contributed by atoms with Crippen molar-refractivity contribution in [3.05, 3.63) is 89.9 Å². The van der Waals surface area contributed by atoms with Gasteiger partial charge in [0.1, 0.15) is 11.6 Å². The third kappa shape index (κ3) is 5.39. The van der Waals surface area contributed by atoms with Gasteiger partial charge in [0.25, 0.3) is 0 Å². The van der Waals surface area contributed by atoms with E-state index in [0.29, 0.717) is 5.69 Å². The molecule has 1 amide bonds. The van der Waals surface area contributed by atoms with Crippen molar-refractivity contribution in [1.82, 2.24) is 4.98 Å². The molecule has 3 aromatic rings. The first-order valence-corrected chi connectivity index (χ1v) is 9.32. The van der Waals surface area contributed by atoms with Crippen LogP contribution in [0.2, 0.25) is 0 Å². The fourth-order valence-corrected chi connectivity index (χ4v) is 2.93. The smallest absolute Gasteiger partial charge is 0.228 e. The number of amides is 1. The Morgan fingerprint density at radius 1 is 1.00 bits per heavy atom. The molecule has 5 heteroatoms. The number of rotatable bonds is 7. The van der Waals surface area contributed by atoms with Crippen LogP contribution in [0.4, 0.5) is 15.9 Å². The fourth-order valence-electron chi connectivity index (χ4n) is 2.93. The average molecular weight is 377 g/mol. The van der Waals surface area contributed by atoms with E-state index >= 15 is 0 Å². The minimum Gasteiger partial charge on any atom is -0.350 e. The van der Waals surface area contributed by atoms with Crippen LogP contribution < -0.4 is 10.2 Å². The maximum Gasteiger partial charge on any atom is 0.228 e. The van der Waals surface area contributed by atoms with Crippen molar-refractivity contribution < 1.29 is 9.18 Å². The summed E-state index contributed by atoms with van der Waals surface area (Å²) >= 11 is 0. The molecule has 144 valence electrons. The molecule has 3 rings (SSSR count). The van der Waals surface area contributed by atoms with Crippen molar-refractivity contribution in [1.29, 1.82) is 0 Å². The Morgan fingerprint density at radius 3 is 2.32 bits per heavy atom. The second-order valence-electron chi connectivity index (χ2n) is 6.96. The summed E-state index contributed by atoms with van der Waals surface area (Å²) in [5.41, 5.74) is 2.62. The molecule has 0 radical (unpaired) electrons. The van der Waals surface area contributed by atoms with Crippen LogP contribution in [0.3, 0.4) is 0 Å². The topological polar surface area (TPSA) is 45.2 Å². The molecule has 0 aliphatic heterocycles. The normalized spacial score (nSPS) is 10.7. The van der Waals surface area contributed by atoms with Crippen LogP contribution in [0.1, 0.15) is 25.0 Å². The van der Waals surface area contributed by atoms with E-state index in [9.17, 15) is 9.18 Å². The Balaban J connectivity index is 1.64. The van der Waals surface area contributed by atoms with Gasteiger partial charge in [0.2, 0.25) is 5.91 Å². The monoisotopic (exact) mass is 377 g/mol. The summed E-state index contributed by atoms with van der Waals surface area (Å²) in [6.07, 6.45) is 1.85. The van der Waals surface area contributed by atoms with Crippen molar-refractivity contribution >= 4 is 17.4 Å². The van der Waals surface area contributed by atoms with E-state index in [2.05, 4.69) is 41.2 Å². The van der Waals surface area contributed by atoms with E-state index in [4.69, 9.17) is 0 Å². The van der Waals surface area contributed by atoms with Gasteiger partial charge in [-0.15, -0.1) is 0 Å². The molecule has 1 heterocycles. The summed E-state index contributed by atoms with van der Waals surface area (Å²) in [7, 11) is 0. The summed E-state index contributed by atoms with van der Waals surface area (Å²) in [5.74, 6) is 0.385. The zero-order chi connectivity index (χ0) is 19.9. The standard InChI is InChI=1S/C23H24FN3O/c1-17(2)27(16-19-6-4-3-5-7-19)22-13-12-21(15-25-22)26-23(28)14-18-8-10-20(24)11-9-18/h3-13,15,17H,14,16H2,1-2H3,(H,26,28). The van der Waals surface area contributed by atoms with E-state index in [-0.39, 0.29) is 24.2 Å². The molecule has 0 saturated heterocycles. The van der Waals surface area contributed by atoms with Gasteiger partial charge in [-0.05, 0) is 49.2 Å². The predicted octanol–water partition coefficient (Wildman–Crippen LogP) is 4.82. The molecule has 0 aliphatic carbocycles. The van der Waals surface area contributed by atoms with Gasteiger partial charge in [-0.2, -0.15) is 0 Å². The Hall–Kier alpha value is -3.21. The maximum absolute atomic E-state index is 13.0. The fraction of sp³-hybridized carbons (Fsp3) is 0.217. The first-order valence-electron chi connectivity index (χ1n) is 9.32. The molecule has 2 aromatic carbocycles. The number of carbonyl (C=O) groups is 1. The van der Waals surface area contributed by atoms with Gasteiger partial charge < -0.3 is 10.2 Å². The number of hydrogen-bond donors (Lipinski definition) is 1. The highest BCUT2D eigenvalue weighted by atomic mass is 19.1. The lowest BCUT2D eigenvalue weighted by Gasteiger charge is -2.28. The average Bonchev–Trinajstić information content (AvgIpc) is 2.69. The van der Waals surface area contributed by atoms with E-state index in [0.717, 1.165) is 17.9 Å². The lowest BCUT2D eigenvalue weighted by molar-refractivity contribution is -0.115. The summed E-state index contributed by atoms with van der Waals surface area (Å²) in [6, 6.07) is 20.2. The summed E-state index contributed by atoms with van der Waals surface area (Å²) < 4.78 is 13.0. The number of hydrogen-bond acceptors (Lipinski definition) is 3. The van der Waals surface area contributed by atoms with Crippen LogP contribution in [0.15, 0.2) is 72.9 Å². The van der Waals surface area contributed by atoms with Crippen LogP contribution >= 0.6 is 0 Å². The van der Waals surface area contributed by atoms with Gasteiger partial charge in [0.15, 0.2) is 0 Å². The second-order valence-corrected chi connectivity index (χ2v) is 6.96. The molecule has 0 fully saturated rings. The molecule has 1 N–H and O–H groups in total. The van der Waals surface area contributed by atoms with Gasteiger partial charge in [0.05, 0.1) is 18.3 Å². The zero-order valence-corrected chi connectivity index (χ0v) is 16.1. The summed E-state index contributed by atoms with van der Waals surface area (Å²) in [4.78, 5) is 18.9. The molecule has 4 nitrogen and oxygen atoms in total. The van der Waals surface area contributed by atoms with Gasteiger partial charge >= 0.3 is 0 Å². The van der Waals surface area contributed by atoms with Gasteiger partial charge in [-0.3, -0.25) is 4.79 Å². The van der Waals surface area contributed by atoms with Crippen LogP contribution in [-0.2, 0) is 17.8 Å². The molecule has 0 unspecified atom stereocenters. The van der Waals surface area contributed by atoms with Crippen LogP contribution in [0.5, 0.6) is 0 Å². The number of aromatic nitrogens is 1. The van der Waals surface area contributed by atoms with Crippen molar-refractivity contribution in [2.24, 2.45) is 0 Å². The minimum atomic E-state index is -0.311. The molecule has 1 aromatic heterocycles. The molecular weight excluding hydrogens is 353 g/mol. The Bertz CT molecular complexity index is 893. The van der Waals surface area contributed by atoms with Crippen molar-refractivity contribution in [3.8, 4) is 0 Å². The van der Waals surface area contributed by atoms with Crippen molar-refractivity contribution in [2.45, 2.75) is 32.9 Å². The number of pyridine rings is 1. The lowest BCUT2D eigenvalue weighted by Crippen LogP contribution is -2.30. The summed E-state index contributed by atoms with van der Waals surface area (Å²) in [6.45, 7) is 5.02. The molecule has 28 heavy (non-hydrogen) atoms. The highest BCUT2D eigenvalue weighted by Gasteiger charge is 2.13. The first kappa shape index (κ1) is 19.5. The van der Waals surface area contributed by atoms with Crippen molar-refractivity contribution in [3.63, 3.8) is 0 Å². The lowest BCUT2D eigenvalue weighted by atomic mass is 10.1. The summed E-state index contributed by atoms with van der Waals surface area (Å²) in [5, 5.41) is 2.84. The van der Waals surface area contributed by atoms with Crippen LogP contribution in [-0.4, -0.2) is 16.9 Å². The van der Waals surface area contributed by atoms with Gasteiger partial charge in [-0.25, -0.2) is 9.37 Å². The van der Waals surface area contributed by atoms with E-state index in [1.165, 1.54) is 17.7 Å². The quantitative estimate of drug-likeness (QED) is 0.642. The number of carbonyl (C=O) groups excluding carboxylic acids is 1. The zero-order valence-electron chi connectivity index (χ0n) is 16.1. The number of halogens is 1. The highest BCUT2D eigenvalue weighted by molar-refractivity contribution is 5.92. The van der Waals surface area contributed by atoms with Crippen LogP contribution in [0, 0.1) is 5.82 Å². The predicted molar refractivity (Wildman–Crippen MR) is 111 cm³/mol. The SMILES string of the molecule is CC(C)N(Cc1ccccc1)c1ccc(NC(=O)Cc2ccc(F)cc2)cn1. The third-order valence-corrected chi connectivity index (χ3v) is 4.42. The van der Waals surface area contributed by atoms with Gasteiger partial charge in [-0.1, -0.05) is 42.5 Å². The van der Waals surface area contributed by atoms with Crippen molar-refractivity contribution in [2.75, 3.05) is 10.2 Å². The molecule has 0 bridgehead atoms. The van der Waals surface area contributed by atoms with E-state index < -0.39 is 0 Å². The Morgan fingerprint density at radius 2 is 1.71 bits per heavy atom. The molecule has 0 spiro atoms. The van der Waals surface area contributed by atoms with Crippen LogP contribution in [0.25, 0.3) is 0 Å². The first-order chi connectivity index (χ1) is 13.5. The molecular formula is C23H24FN3O.